The Bertz CT molecular complexity index is 438. The van der Waals surface area contributed by atoms with Gasteiger partial charge in [-0.25, -0.2) is 4.98 Å². The summed E-state index contributed by atoms with van der Waals surface area (Å²) >= 11 is 5.90. The highest BCUT2D eigenvalue weighted by Crippen LogP contribution is 2.28. The molecule has 2 rings (SSSR count). The van der Waals surface area contributed by atoms with Crippen LogP contribution in [0.3, 0.4) is 0 Å². The summed E-state index contributed by atoms with van der Waals surface area (Å²) in [7, 11) is 0. The molecule has 3 nitrogen and oxygen atoms in total. The molecule has 0 aliphatic carbocycles. The summed E-state index contributed by atoms with van der Waals surface area (Å²) in [5, 5.41) is 9.28. The van der Waals surface area contributed by atoms with Gasteiger partial charge in [-0.15, -0.1) is 0 Å². The van der Waals surface area contributed by atoms with Crippen molar-refractivity contribution in [2.45, 2.75) is 26.3 Å². The van der Waals surface area contributed by atoms with Crippen LogP contribution in [0.25, 0.3) is 0 Å². The summed E-state index contributed by atoms with van der Waals surface area (Å²) in [6, 6.07) is 5.97. The van der Waals surface area contributed by atoms with E-state index in [1.165, 1.54) is 0 Å². The molecule has 2 heterocycles. The van der Waals surface area contributed by atoms with Gasteiger partial charge >= 0.3 is 0 Å². The Morgan fingerprint density at radius 1 is 1.50 bits per heavy atom. The van der Waals surface area contributed by atoms with Crippen LogP contribution in [0.15, 0.2) is 12.1 Å². The summed E-state index contributed by atoms with van der Waals surface area (Å²) < 4.78 is 0. The second-order valence-electron chi connectivity index (χ2n) is 4.49. The SMILES string of the molecule is CC1CC(C)N(c2cc(C#N)cc(Cl)n2)C1. The van der Waals surface area contributed by atoms with E-state index in [2.05, 4.69) is 29.8 Å². The molecule has 1 aromatic heterocycles. The van der Waals surface area contributed by atoms with Gasteiger partial charge in [0.1, 0.15) is 11.0 Å². The fourth-order valence-electron chi connectivity index (χ4n) is 2.31. The maximum Gasteiger partial charge on any atom is 0.132 e. The lowest BCUT2D eigenvalue weighted by Crippen LogP contribution is -2.27. The van der Waals surface area contributed by atoms with Crippen molar-refractivity contribution in [3.63, 3.8) is 0 Å². The minimum atomic E-state index is 0.390. The van der Waals surface area contributed by atoms with Crippen LogP contribution in [0.2, 0.25) is 5.15 Å². The minimum Gasteiger partial charge on any atom is -0.354 e. The number of aromatic nitrogens is 1. The van der Waals surface area contributed by atoms with Gasteiger partial charge in [0, 0.05) is 12.6 Å². The van der Waals surface area contributed by atoms with Gasteiger partial charge in [-0.3, -0.25) is 0 Å². The molecule has 1 fully saturated rings. The van der Waals surface area contributed by atoms with E-state index < -0.39 is 0 Å². The third-order valence-corrected chi connectivity index (χ3v) is 3.18. The zero-order valence-corrected chi connectivity index (χ0v) is 10.2. The van der Waals surface area contributed by atoms with Crippen molar-refractivity contribution in [3.8, 4) is 6.07 Å². The molecule has 1 saturated heterocycles. The third kappa shape index (κ3) is 2.12. The molecule has 4 heteroatoms. The van der Waals surface area contributed by atoms with E-state index in [4.69, 9.17) is 16.9 Å². The number of pyridine rings is 1. The van der Waals surface area contributed by atoms with Crippen molar-refractivity contribution < 1.29 is 0 Å². The predicted molar refractivity (Wildman–Crippen MR) is 64.6 cm³/mol. The maximum absolute atomic E-state index is 8.89. The highest BCUT2D eigenvalue weighted by Gasteiger charge is 2.27. The largest absolute Gasteiger partial charge is 0.354 e. The van der Waals surface area contributed by atoms with Gasteiger partial charge in [-0.2, -0.15) is 5.26 Å². The molecule has 0 saturated carbocycles. The standard InChI is InChI=1S/C12H14ClN3/c1-8-3-9(2)16(7-8)12-5-10(6-14)4-11(13)15-12/h4-5,8-9H,3,7H2,1-2H3. The van der Waals surface area contributed by atoms with Crippen LogP contribution in [0.4, 0.5) is 5.82 Å². The molecule has 2 unspecified atom stereocenters. The van der Waals surface area contributed by atoms with Gasteiger partial charge in [-0.05, 0) is 31.4 Å². The minimum absolute atomic E-state index is 0.390. The smallest absolute Gasteiger partial charge is 0.132 e. The van der Waals surface area contributed by atoms with Crippen molar-refractivity contribution in [2.24, 2.45) is 5.92 Å². The fraction of sp³-hybridized carbons (Fsp3) is 0.500. The van der Waals surface area contributed by atoms with E-state index in [-0.39, 0.29) is 0 Å². The van der Waals surface area contributed by atoms with Crippen LogP contribution in [-0.4, -0.2) is 17.6 Å². The van der Waals surface area contributed by atoms with Crippen LogP contribution >= 0.6 is 11.6 Å². The maximum atomic E-state index is 8.89. The van der Waals surface area contributed by atoms with Crippen LogP contribution in [-0.2, 0) is 0 Å². The average Bonchev–Trinajstić information content (AvgIpc) is 2.57. The lowest BCUT2D eigenvalue weighted by Gasteiger charge is -2.22. The highest BCUT2D eigenvalue weighted by molar-refractivity contribution is 6.29. The van der Waals surface area contributed by atoms with E-state index in [1.54, 1.807) is 12.1 Å². The predicted octanol–water partition coefficient (Wildman–Crippen LogP) is 2.84. The van der Waals surface area contributed by atoms with Crippen LogP contribution in [0.5, 0.6) is 0 Å². The first-order valence-electron chi connectivity index (χ1n) is 5.44. The molecule has 2 atom stereocenters. The summed E-state index contributed by atoms with van der Waals surface area (Å²) in [4.78, 5) is 6.51. The fourth-order valence-corrected chi connectivity index (χ4v) is 2.52. The zero-order valence-electron chi connectivity index (χ0n) is 9.44. The van der Waals surface area contributed by atoms with Crippen molar-refractivity contribution in [1.82, 2.24) is 4.98 Å². The van der Waals surface area contributed by atoms with E-state index in [1.807, 2.05) is 0 Å². The van der Waals surface area contributed by atoms with E-state index in [0.29, 0.717) is 22.7 Å². The van der Waals surface area contributed by atoms with Crippen LogP contribution in [0, 0.1) is 17.2 Å². The number of nitrogens with zero attached hydrogens (tertiary/aromatic N) is 3. The third-order valence-electron chi connectivity index (χ3n) is 2.99. The Balaban J connectivity index is 2.34. The van der Waals surface area contributed by atoms with Gasteiger partial charge in [0.15, 0.2) is 0 Å². The first-order chi connectivity index (χ1) is 7.60. The summed E-state index contributed by atoms with van der Waals surface area (Å²) in [6.07, 6.45) is 1.16. The first kappa shape index (κ1) is 11.2. The molecule has 0 bridgehead atoms. The van der Waals surface area contributed by atoms with E-state index in [9.17, 15) is 0 Å². The molecule has 1 aliphatic heterocycles. The topological polar surface area (TPSA) is 39.9 Å². The zero-order chi connectivity index (χ0) is 11.7. The van der Waals surface area contributed by atoms with Crippen molar-refractivity contribution >= 4 is 17.4 Å². The molecule has 1 aromatic rings. The molecule has 0 amide bonds. The number of nitriles is 1. The molecular weight excluding hydrogens is 222 g/mol. The number of hydrogen-bond acceptors (Lipinski definition) is 3. The number of rotatable bonds is 1. The number of halogens is 1. The molecule has 0 aromatic carbocycles. The number of anilines is 1. The lowest BCUT2D eigenvalue weighted by atomic mass is 10.1. The van der Waals surface area contributed by atoms with Crippen LogP contribution < -0.4 is 4.90 Å². The van der Waals surface area contributed by atoms with Crippen LogP contribution in [0.1, 0.15) is 25.8 Å². The van der Waals surface area contributed by atoms with Gasteiger partial charge in [0.2, 0.25) is 0 Å². The van der Waals surface area contributed by atoms with Gasteiger partial charge in [0.05, 0.1) is 11.6 Å². The Morgan fingerprint density at radius 2 is 2.25 bits per heavy atom. The number of hydrogen-bond donors (Lipinski definition) is 0. The molecule has 0 spiro atoms. The Morgan fingerprint density at radius 3 is 2.81 bits per heavy atom. The summed E-state index contributed by atoms with van der Waals surface area (Å²) in [5.41, 5.74) is 0.571. The van der Waals surface area contributed by atoms with Crippen molar-refractivity contribution in [2.75, 3.05) is 11.4 Å². The molecule has 84 valence electrons. The monoisotopic (exact) mass is 235 g/mol. The summed E-state index contributed by atoms with van der Waals surface area (Å²) in [5.74, 6) is 1.49. The summed E-state index contributed by atoms with van der Waals surface area (Å²) in [6.45, 7) is 5.39. The first-order valence-corrected chi connectivity index (χ1v) is 5.82. The molecular formula is C12H14ClN3. The quantitative estimate of drug-likeness (QED) is 0.703. The van der Waals surface area contributed by atoms with Gasteiger partial charge in [-0.1, -0.05) is 18.5 Å². The highest BCUT2D eigenvalue weighted by atomic mass is 35.5. The van der Waals surface area contributed by atoms with Crippen molar-refractivity contribution in [1.29, 1.82) is 5.26 Å². The average molecular weight is 236 g/mol. The molecule has 0 radical (unpaired) electrons. The Hall–Kier alpha value is -1.27. The molecule has 16 heavy (non-hydrogen) atoms. The normalized spacial score (nSPS) is 24.5. The lowest BCUT2D eigenvalue weighted by molar-refractivity contribution is 0.625. The van der Waals surface area contributed by atoms with Gasteiger partial charge < -0.3 is 4.90 Å². The van der Waals surface area contributed by atoms with E-state index in [0.717, 1.165) is 18.8 Å². The Kier molecular flexibility index (Phi) is 3.02. The molecule has 1 aliphatic rings. The second-order valence-corrected chi connectivity index (χ2v) is 4.88. The van der Waals surface area contributed by atoms with Crippen molar-refractivity contribution in [3.05, 3.63) is 22.8 Å². The molecule has 0 N–H and O–H groups in total. The van der Waals surface area contributed by atoms with E-state index >= 15 is 0 Å². The second kappa shape index (κ2) is 4.31. The van der Waals surface area contributed by atoms with Gasteiger partial charge in [0.25, 0.3) is 0 Å². The Labute approximate surface area is 101 Å².